The van der Waals surface area contributed by atoms with Crippen molar-refractivity contribution in [2.24, 2.45) is 0 Å². The van der Waals surface area contributed by atoms with Gasteiger partial charge in [-0.3, -0.25) is 0 Å². The Morgan fingerprint density at radius 3 is 2.50 bits per heavy atom. The van der Waals surface area contributed by atoms with Gasteiger partial charge in [-0.15, -0.1) is 0 Å². The number of aryl methyl sites for hydroxylation is 1. The molecule has 0 unspecified atom stereocenters. The summed E-state index contributed by atoms with van der Waals surface area (Å²) in [5.41, 5.74) is 0.997. The van der Waals surface area contributed by atoms with Crippen LogP contribution in [-0.4, -0.2) is 24.3 Å². The minimum atomic E-state index is -3.45. The van der Waals surface area contributed by atoms with Gasteiger partial charge in [-0.25, -0.2) is 13.1 Å². The minimum absolute atomic E-state index is 0.0182. The highest BCUT2D eigenvalue weighted by Gasteiger charge is 2.24. The molecule has 0 aliphatic carbocycles. The molecule has 0 radical (unpaired) electrons. The van der Waals surface area contributed by atoms with Crippen molar-refractivity contribution in [3.05, 3.63) is 47.6 Å². The molecule has 0 aliphatic rings. The summed E-state index contributed by atoms with van der Waals surface area (Å²) >= 11 is 0. The predicted molar refractivity (Wildman–Crippen MR) is 83.8 cm³/mol. The monoisotopic (exact) mass is 323 g/mol. The van der Waals surface area contributed by atoms with E-state index in [-0.39, 0.29) is 11.7 Å². The van der Waals surface area contributed by atoms with Crippen LogP contribution in [0.2, 0.25) is 0 Å². The van der Waals surface area contributed by atoms with Crippen LogP contribution in [-0.2, 0) is 10.0 Å². The van der Waals surface area contributed by atoms with E-state index in [9.17, 15) is 8.42 Å². The fourth-order valence-electron chi connectivity index (χ4n) is 2.25. The van der Waals surface area contributed by atoms with Gasteiger partial charge in [-0.1, -0.05) is 49.3 Å². The zero-order chi connectivity index (χ0) is 16.2. The summed E-state index contributed by atoms with van der Waals surface area (Å²) in [5.74, 6) is 0.717. The zero-order valence-electron chi connectivity index (χ0n) is 13.0. The maximum atomic E-state index is 12.4. The summed E-state index contributed by atoms with van der Waals surface area (Å²) in [6.07, 6.45) is 0.553. The molecule has 2 aromatic rings. The normalized spacial score (nSPS) is 14.7. The molecule has 22 heavy (non-hydrogen) atoms. The van der Waals surface area contributed by atoms with Crippen molar-refractivity contribution in [2.45, 2.75) is 39.2 Å². The lowest BCUT2D eigenvalue weighted by atomic mass is 10.0. The molecular formula is C15H21N3O3S. The first-order valence-electron chi connectivity index (χ1n) is 7.26. The molecule has 2 atom stereocenters. The maximum absolute atomic E-state index is 12.4. The first-order valence-corrected chi connectivity index (χ1v) is 8.91. The van der Waals surface area contributed by atoms with E-state index in [4.69, 9.17) is 4.52 Å². The fraction of sp³-hybridized carbons (Fsp3) is 0.467. The molecule has 0 aliphatic heterocycles. The summed E-state index contributed by atoms with van der Waals surface area (Å²) in [6.45, 7) is 5.45. The van der Waals surface area contributed by atoms with Crippen LogP contribution in [0.1, 0.15) is 49.5 Å². The van der Waals surface area contributed by atoms with Gasteiger partial charge in [-0.2, -0.15) is 4.98 Å². The average Bonchev–Trinajstić information content (AvgIpc) is 2.91. The number of hydrogen-bond donors (Lipinski definition) is 1. The number of benzene rings is 1. The van der Waals surface area contributed by atoms with Gasteiger partial charge in [0.1, 0.15) is 0 Å². The van der Waals surface area contributed by atoms with E-state index in [1.54, 1.807) is 6.92 Å². The number of hydrogen-bond acceptors (Lipinski definition) is 5. The van der Waals surface area contributed by atoms with Crippen LogP contribution in [0.5, 0.6) is 0 Å². The number of sulfonamides is 1. The predicted octanol–water partition coefficient (Wildman–Crippen LogP) is 2.55. The molecule has 7 heteroatoms. The second kappa shape index (κ2) is 7.02. The van der Waals surface area contributed by atoms with Crippen molar-refractivity contribution in [1.29, 1.82) is 0 Å². The number of nitrogens with one attached hydrogen (secondary N) is 1. The van der Waals surface area contributed by atoms with E-state index < -0.39 is 16.1 Å². The molecule has 0 amide bonds. The van der Waals surface area contributed by atoms with Gasteiger partial charge in [0.05, 0.1) is 11.8 Å². The van der Waals surface area contributed by atoms with Crippen LogP contribution >= 0.6 is 0 Å². The molecule has 2 rings (SSSR count). The van der Waals surface area contributed by atoms with Crippen LogP contribution in [0, 0.1) is 6.92 Å². The van der Waals surface area contributed by atoms with Gasteiger partial charge in [0.15, 0.2) is 5.82 Å². The molecule has 1 aromatic heterocycles. The fourth-order valence-corrected chi connectivity index (χ4v) is 3.90. The molecule has 0 spiro atoms. The van der Waals surface area contributed by atoms with Crippen molar-refractivity contribution < 1.29 is 12.9 Å². The molecule has 1 heterocycles. The molecule has 1 N–H and O–H groups in total. The van der Waals surface area contributed by atoms with Crippen molar-refractivity contribution in [3.63, 3.8) is 0 Å². The lowest BCUT2D eigenvalue weighted by Crippen LogP contribution is -2.32. The number of aromatic nitrogens is 2. The van der Waals surface area contributed by atoms with Gasteiger partial charge in [0.25, 0.3) is 0 Å². The zero-order valence-corrected chi connectivity index (χ0v) is 13.8. The molecule has 6 nitrogen and oxygen atoms in total. The van der Waals surface area contributed by atoms with Gasteiger partial charge in [0, 0.05) is 6.92 Å². The van der Waals surface area contributed by atoms with Crippen LogP contribution in [0.3, 0.4) is 0 Å². The third-order valence-electron chi connectivity index (χ3n) is 3.42. The Bertz CT molecular complexity index is 698. The summed E-state index contributed by atoms with van der Waals surface area (Å²) in [7, 11) is -3.45. The van der Waals surface area contributed by atoms with Crippen molar-refractivity contribution in [3.8, 4) is 0 Å². The molecule has 1 aromatic carbocycles. The van der Waals surface area contributed by atoms with Crippen molar-refractivity contribution in [2.75, 3.05) is 5.75 Å². The Morgan fingerprint density at radius 1 is 1.27 bits per heavy atom. The second-order valence-electron chi connectivity index (χ2n) is 5.34. The Morgan fingerprint density at radius 2 is 1.95 bits per heavy atom. The van der Waals surface area contributed by atoms with Gasteiger partial charge >= 0.3 is 0 Å². The van der Waals surface area contributed by atoms with Gasteiger partial charge in [-0.05, 0) is 17.9 Å². The van der Waals surface area contributed by atoms with E-state index in [0.717, 1.165) is 5.56 Å². The summed E-state index contributed by atoms with van der Waals surface area (Å²) < 4.78 is 32.3. The van der Waals surface area contributed by atoms with Gasteiger partial charge < -0.3 is 4.52 Å². The highest BCUT2D eigenvalue weighted by Crippen LogP contribution is 2.19. The van der Waals surface area contributed by atoms with E-state index in [1.165, 1.54) is 0 Å². The molecule has 0 saturated heterocycles. The molecule has 120 valence electrons. The van der Waals surface area contributed by atoms with Crippen LogP contribution in [0.15, 0.2) is 34.9 Å². The quantitative estimate of drug-likeness (QED) is 0.846. The summed E-state index contributed by atoms with van der Waals surface area (Å²) in [5, 5.41) is 3.80. The van der Waals surface area contributed by atoms with Crippen molar-refractivity contribution in [1.82, 2.24) is 14.9 Å². The Labute approximate surface area is 131 Å². The van der Waals surface area contributed by atoms with Crippen LogP contribution in [0.25, 0.3) is 0 Å². The Balaban J connectivity index is 2.06. The van der Waals surface area contributed by atoms with Gasteiger partial charge in [0.2, 0.25) is 15.9 Å². The second-order valence-corrected chi connectivity index (χ2v) is 7.14. The Kier molecular flexibility index (Phi) is 5.31. The van der Waals surface area contributed by atoms with Crippen molar-refractivity contribution >= 4 is 10.0 Å². The van der Waals surface area contributed by atoms with Crippen LogP contribution < -0.4 is 4.72 Å². The van der Waals surface area contributed by atoms with E-state index in [2.05, 4.69) is 14.9 Å². The SMILES string of the molecule is CC[C@@H](NS(=O)(=O)C[C@H](C)c1ccccc1)c1noc(C)n1. The lowest BCUT2D eigenvalue weighted by molar-refractivity contribution is 0.380. The number of nitrogens with zero attached hydrogens (tertiary/aromatic N) is 2. The maximum Gasteiger partial charge on any atom is 0.223 e. The largest absolute Gasteiger partial charge is 0.340 e. The molecular weight excluding hydrogens is 302 g/mol. The standard InChI is InChI=1S/C15H21N3O3S/c1-4-14(15-16-12(3)21-17-15)18-22(19,20)10-11(2)13-8-6-5-7-9-13/h5-9,11,14,18H,4,10H2,1-3H3/t11-,14+/m0/s1. The lowest BCUT2D eigenvalue weighted by Gasteiger charge is -2.17. The third-order valence-corrected chi connectivity index (χ3v) is 5.01. The van der Waals surface area contributed by atoms with E-state index in [0.29, 0.717) is 18.1 Å². The number of rotatable bonds is 7. The smallest absolute Gasteiger partial charge is 0.223 e. The summed E-state index contributed by atoms with van der Waals surface area (Å²) in [6, 6.07) is 9.12. The highest BCUT2D eigenvalue weighted by molar-refractivity contribution is 7.89. The third kappa shape index (κ3) is 4.38. The average molecular weight is 323 g/mol. The molecule has 0 fully saturated rings. The summed E-state index contributed by atoms with van der Waals surface area (Å²) in [4.78, 5) is 4.10. The van der Waals surface area contributed by atoms with E-state index in [1.807, 2.05) is 44.2 Å². The molecule has 0 bridgehead atoms. The first-order chi connectivity index (χ1) is 10.4. The Hall–Kier alpha value is -1.73. The van der Waals surface area contributed by atoms with E-state index >= 15 is 0 Å². The highest BCUT2D eigenvalue weighted by atomic mass is 32.2. The van der Waals surface area contributed by atoms with Crippen LogP contribution in [0.4, 0.5) is 0 Å². The minimum Gasteiger partial charge on any atom is -0.340 e. The first kappa shape index (κ1) is 16.6. The topological polar surface area (TPSA) is 85.1 Å². The molecule has 0 saturated carbocycles.